The van der Waals surface area contributed by atoms with Crippen LogP contribution < -0.4 is 5.32 Å². The molecule has 0 aliphatic heterocycles. The second-order valence-electron chi connectivity index (χ2n) is 9.05. The molecule has 0 aliphatic rings. The average Bonchev–Trinajstić information content (AvgIpc) is 2.96. The number of nitrogens with one attached hydrogen (secondary N) is 1. The lowest BCUT2D eigenvalue weighted by atomic mass is 10.1. The highest BCUT2D eigenvalue weighted by Gasteiger charge is 2.16. The summed E-state index contributed by atoms with van der Waals surface area (Å²) in [6.45, 7) is 4.85. The van der Waals surface area contributed by atoms with E-state index in [0.717, 1.165) is 6.07 Å². The lowest BCUT2D eigenvalue weighted by Crippen LogP contribution is -2.03. The van der Waals surface area contributed by atoms with Crippen molar-refractivity contribution in [3.8, 4) is 11.5 Å². The summed E-state index contributed by atoms with van der Waals surface area (Å²) in [6, 6.07) is 15.1. The number of sulfone groups is 2. The van der Waals surface area contributed by atoms with Crippen molar-refractivity contribution in [2.24, 2.45) is 20.5 Å². The van der Waals surface area contributed by atoms with Crippen LogP contribution in [0.1, 0.15) is 19.4 Å². The van der Waals surface area contributed by atoms with E-state index in [4.69, 9.17) is 0 Å². The van der Waals surface area contributed by atoms with Crippen LogP contribution >= 0.6 is 0 Å². The number of aryl methyl sites for hydroxylation is 1. The van der Waals surface area contributed by atoms with Crippen molar-refractivity contribution in [1.82, 2.24) is 0 Å². The Bertz CT molecular complexity index is 1920. The van der Waals surface area contributed by atoms with Gasteiger partial charge in [-0.15, -0.1) is 15.3 Å². The van der Waals surface area contributed by atoms with Gasteiger partial charge >= 0.3 is 0 Å². The summed E-state index contributed by atoms with van der Waals surface area (Å²) in [6.07, 6.45) is 0. The van der Waals surface area contributed by atoms with Gasteiger partial charge in [0.05, 0.1) is 32.7 Å². The van der Waals surface area contributed by atoms with Gasteiger partial charge in [0.1, 0.15) is 22.8 Å². The van der Waals surface area contributed by atoms with E-state index < -0.39 is 19.7 Å². The number of nitrogens with zero attached hydrogens (tertiary/aromatic N) is 4. The van der Waals surface area contributed by atoms with Crippen molar-refractivity contribution in [3.05, 3.63) is 66.2 Å². The summed E-state index contributed by atoms with van der Waals surface area (Å²) in [4.78, 5) is 0.198. The predicted octanol–water partition coefficient (Wildman–Crippen LogP) is 7.02. The first-order valence-corrected chi connectivity index (χ1v) is 15.9. The quantitative estimate of drug-likeness (QED) is 0.175. The molecule has 0 atom stereocenters. The van der Waals surface area contributed by atoms with Gasteiger partial charge in [0.2, 0.25) is 0 Å². The van der Waals surface area contributed by atoms with Crippen LogP contribution in [0.3, 0.4) is 0 Å². The number of phenolic OH excluding ortho intramolecular Hbond substituents is 2. The lowest BCUT2D eigenvalue weighted by molar-refractivity contribution is 0.473. The van der Waals surface area contributed by atoms with E-state index in [0.29, 0.717) is 33.4 Å². The van der Waals surface area contributed by atoms with Gasteiger partial charge in [0.15, 0.2) is 25.4 Å². The molecule has 4 aromatic rings. The monoisotopic (exact) mass is 595 g/mol. The van der Waals surface area contributed by atoms with E-state index in [2.05, 4.69) is 25.8 Å². The van der Waals surface area contributed by atoms with Crippen molar-refractivity contribution >= 4 is 58.9 Å². The summed E-state index contributed by atoms with van der Waals surface area (Å²) in [5.74, 6) is -0.651. The van der Waals surface area contributed by atoms with Gasteiger partial charge in [-0.25, -0.2) is 16.8 Å². The molecule has 0 spiro atoms. The third kappa shape index (κ3) is 6.05. The summed E-state index contributed by atoms with van der Waals surface area (Å²) in [7, 11) is -5.13. The Morgan fingerprint density at radius 1 is 0.683 bits per heavy atom. The molecule has 0 unspecified atom stereocenters. The Morgan fingerprint density at radius 3 is 1.80 bits per heavy atom. The Kier molecular flexibility index (Phi) is 8.40. The number of phenols is 2. The van der Waals surface area contributed by atoms with Crippen LogP contribution in [0.4, 0.5) is 28.4 Å². The minimum atomic E-state index is -3.50. The maximum Gasteiger partial charge on any atom is 0.178 e. The van der Waals surface area contributed by atoms with Crippen molar-refractivity contribution < 1.29 is 27.0 Å². The summed E-state index contributed by atoms with van der Waals surface area (Å²) < 4.78 is 48.5. The SMILES string of the molecule is CCS(=O)(=O)c1ccc(/N=N/c2c(NC)ccc3c(O)c(/N=N/c4ccc(S(=O)(=O)CC)cc4O)ccc23)c(C)c1. The number of hydrogen-bond donors (Lipinski definition) is 3. The topological polar surface area (TPSA) is 170 Å². The van der Waals surface area contributed by atoms with Crippen LogP contribution in [0.25, 0.3) is 10.8 Å². The zero-order chi connectivity index (χ0) is 29.9. The van der Waals surface area contributed by atoms with Crippen LogP contribution in [0, 0.1) is 6.92 Å². The normalized spacial score (nSPS) is 12.5. The molecule has 13 heteroatoms. The standard InChI is InChI=1S/C28H29N5O6S2/c1-5-40(36,37)18-7-11-22(17(3)15-18)30-33-27-20-9-14-25(28(35)21(20)10-13-24(27)29-4)32-31-23-12-8-19(16-26(23)34)41(38,39)6-2/h7-16,29,34-35H,5-6H2,1-4H3/b32-31+,33-30+. The van der Waals surface area contributed by atoms with Crippen LogP contribution in [0.15, 0.2) is 90.9 Å². The molecule has 0 aromatic heterocycles. The molecule has 0 radical (unpaired) electrons. The Hall–Kier alpha value is -4.36. The van der Waals surface area contributed by atoms with Crippen molar-refractivity contribution in [3.63, 3.8) is 0 Å². The number of azo groups is 2. The lowest BCUT2D eigenvalue weighted by Gasteiger charge is -2.11. The molecule has 214 valence electrons. The highest BCUT2D eigenvalue weighted by Crippen LogP contribution is 2.43. The molecule has 0 saturated carbocycles. The minimum absolute atomic E-state index is 0.00336. The number of anilines is 1. The third-order valence-electron chi connectivity index (χ3n) is 6.51. The summed E-state index contributed by atoms with van der Waals surface area (Å²) in [5, 5.41) is 42.1. The fourth-order valence-electron chi connectivity index (χ4n) is 4.01. The van der Waals surface area contributed by atoms with Crippen LogP contribution in [-0.2, 0) is 19.7 Å². The number of hydrogen-bond acceptors (Lipinski definition) is 11. The van der Waals surface area contributed by atoms with Gasteiger partial charge in [0, 0.05) is 23.9 Å². The number of benzene rings is 4. The highest BCUT2D eigenvalue weighted by atomic mass is 32.2. The number of aromatic hydroxyl groups is 2. The molecule has 4 aromatic carbocycles. The van der Waals surface area contributed by atoms with Crippen LogP contribution in [0.5, 0.6) is 11.5 Å². The highest BCUT2D eigenvalue weighted by molar-refractivity contribution is 7.91. The summed E-state index contributed by atoms with van der Waals surface area (Å²) in [5.41, 5.74) is 2.37. The molecular formula is C28H29N5O6S2. The predicted molar refractivity (Wildman–Crippen MR) is 158 cm³/mol. The fraction of sp³-hybridized carbons (Fsp3) is 0.214. The van der Waals surface area contributed by atoms with E-state index in [1.807, 2.05) is 0 Å². The zero-order valence-electron chi connectivity index (χ0n) is 22.8. The molecule has 41 heavy (non-hydrogen) atoms. The summed E-state index contributed by atoms with van der Waals surface area (Å²) >= 11 is 0. The first-order chi connectivity index (χ1) is 19.4. The fourth-order valence-corrected chi connectivity index (χ4v) is 5.88. The number of fused-ring (bicyclic) bond motifs is 1. The minimum Gasteiger partial charge on any atom is -0.506 e. The molecule has 0 bridgehead atoms. The molecule has 0 saturated heterocycles. The Labute approximate surface area is 238 Å². The first kappa shape index (κ1) is 29.6. The molecular weight excluding hydrogens is 566 g/mol. The van der Waals surface area contributed by atoms with E-state index in [-0.39, 0.29) is 44.2 Å². The maximum absolute atomic E-state index is 12.2. The second-order valence-corrected chi connectivity index (χ2v) is 13.6. The molecule has 0 fully saturated rings. The van der Waals surface area contributed by atoms with E-state index in [9.17, 15) is 27.0 Å². The van der Waals surface area contributed by atoms with E-state index in [1.165, 1.54) is 31.2 Å². The second kappa shape index (κ2) is 11.6. The van der Waals surface area contributed by atoms with E-state index in [1.54, 1.807) is 51.2 Å². The van der Waals surface area contributed by atoms with Crippen molar-refractivity contribution in [1.29, 1.82) is 0 Å². The average molecular weight is 596 g/mol. The smallest absolute Gasteiger partial charge is 0.178 e. The Morgan fingerprint density at radius 2 is 1.22 bits per heavy atom. The van der Waals surface area contributed by atoms with Gasteiger partial charge in [-0.2, -0.15) is 5.11 Å². The van der Waals surface area contributed by atoms with Crippen molar-refractivity contribution in [2.75, 3.05) is 23.9 Å². The van der Waals surface area contributed by atoms with Crippen LogP contribution in [0.2, 0.25) is 0 Å². The van der Waals surface area contributed by atoms with Gasteiger partial charge in [-0.05, 0) is 67.1 Å². The largest absolute Gasteiger partial charge is 0.506 e. The van der Waals surface area contributed by atoms with Gasteiger partial charge < -0.3 is 15.5 Å². The first-order valence-electron chi connectivity index (χ1n) is 12.6. The van der Waals surface area contributed by atoms with Gasteiger partial charge in [0.25, 0.3) is 0 Å². The number of rotatable bonds is 9. The third-order valence-corrected chi connectivity index (χ3v) is 9.97. The van der Waals surface area contributed by atoms with Crippen LogP contribution in [-0.4, -0.2) is 45.6 Å². The molecule has 0 aliphatic carbocycles. The van der Waals surface area contributed by atoms with Crippen molar-refractivity contribution in [2.45, 2.75) is 30.6 Å². The Balaban J connectivity index is 1.71. The molecule has 11 nitrogen and oxygen atoms in total. The maximum atomic E-state index is 12.2. The molecule has 3 N–H and O–H groups in total. The molecule has 0 amide bonds. The van der Waals surface area contributed by atoms with Gasteiger partial charge in [-0.3, -0.25) is 0 Å². The van der Waals surface area contributed by atoms with Gasteiger partial charge in [-0.1, -0.05) is 13.8 Å². The van der Waals surface area contributed by atoms with E-state index >= 15 is 0 Å². The molecule has 4 rings (SSSR count). The molecule has 0 heterocycles. The zero-order valence-corrected chi connectivity index (χ0v) is 24.5.